The largest absolute Gasteiger partial charge is 0.478 e. The van der Waals surface area contributed by atoms with Crippen LogP contribution in [0, 0.1) is 0 Å². The second-order valence-electron chi connectivity index (χ2n) is 3.44. The second-order valence-corrected chi connectivity index (χ2v) is 3.44. The molecule has 0 bridgehead atoms. The summed E-state index contributed by atoms with van der Waals surface area (Å²) in [7, 11) is 0. The van der Waals surface area contributed by atoms with Crippen molar-refractivity contribution in [2.75, 3.05) is 0 Å². The molecule has 0 aliphatic rings. The first kappa shape index (κ1) is 11.5. The fourth-order valence-corrected chi connectivity index (χ4v) is 1.60. The Morgan fingerprint density at radius 3 is 2.47 bits per heavy atom. The third-order valence-electron chi connectivity index (χ3n) is 2.52. The summed E-state index contributed by atoms with van der Waals surface area (Å²) in [6.07, 6.45) is 3.06. The van der Waals surface area contributed by atoms with Crippen LogP contribution in [0.1, 0.15) is 43.1 Å². The van der Waals surface area contributed by atoms with Gasteiger partial charge in [0.25, 0.3) is 5.56 Å². The van der Waals surface area contributed by atoms with E-state index in [-0.39, 0.29) is 17.2 Å². The van der Waals surface area contributed by atoms with Gasteiger partial charge in [-0.1, -0.05) is 13.8 Å². The molecule has 4 heteroatoms. The van der Waals surface area contributed by atoms with Gasteiger partial charge in [-0.3, -0.25) is 4.79 Å². The minimum Gasteiger partial charge on any atom is -0.478 e. The highest BCUT2D eigenvalue weighted by molar-refractivity contribution is 5.87. The van der Waals surface area contributed by atoms with E-state index in [2.05, 4.69) is 0 Å². The molecule has 1 aromatic heterocycles. The van der Waals surface area contributed by atoms with E-state index in [1.54, 1.807) is 0 Å². The van der Waals surface area contributed by atoms with Crippen molar-refractivity contribution in [3.8, 4) is 0 Å². The fraction of sp³-hybridized carbons (Fsp3) is 0.455. The SMILES string of the molecule is CCC(CC)n1cc(C(=O)O)ccc1=O. The molecule has 0 aromatic carbocycles. The zero-order chi connectivity index (χ0) is 11.4. The zero-order valence-electron chi connectivity index (χ0n) is 8.93. The maximum Gasteiger partial charge on any atom is 0.337 e. The molecule has 0 radical (unpaired) electrons. The van der Waals surface area contributed by atoms with E-state index in [0.29, 0.717) is 0 Å². The Labute approximate surface area is 88.2 Å². The Balaban J connectivity index is 3.21. The molecule has 4 nitrogen and oxygen atoms in total. The highest BCUT2D eigenvalue weighted by Gasteiger charge is 2.10. The van der Waals surface area contributed by atoms with Crippen LogP contribution in [0.5, 0.6) is 0 Å². The topological polar surface area (TPSA) is 59.3 Å². The summed E-state index contributed by atoms with van der Waals surface area (Å²) >= 11 is 0. The number of aromatic carboxylic acids is 1. The first-order valence-electron chi connectivity index (χ1n) is 5.05. The van der Waals surface area contributed by atoms with Crippen molar-refractivity contribution in [1.29, 1.82) is 0 Å². The number of rotatable bonds is 4. The van der Waals surface area contributed by atoms with Gasteiger partial charge in [0.05, 0.1) is 5.56 Å². The maximum atomic E-state index is 11.5. The normalized spacial score (nSPS) is 10.6. The van der Waals surface area contributed by atoms with E-state index in [4.69, 9.17) is 5.11 Å². The molecule has 1 aromatic rings. The van der Waals surface area contributed by atoms with Crippen LogP contribution < -0.4 is 5.56 Å². The van der Waals surface area contributed by atoms with Gasteiger partial charge in [0.15, 0.2) is 0 Å². The van der Waals surface area contributed by atoms with Crippen LogP contribution in [0.2, 0.25) is 0 Å². The van der Waals surface area contributed by atoms with E-state index in [9.17, 15) is 9.59 Å². The van der Waals surface area contributed by atoms with Crippen molar-refractivity contribution in [1.82, 2.24) is 4.57 Å². The van der Waals surface area contributed by atoms with Gasteiger partial charge in [0, 0.05) is 18.3 Å². The minimum absolute atomic E-state index is 0.0804. The van der Waals surface area contributed by atoms with Gasteiger partial charge in [0.2, 0.25) is 0 Å². The number of carboxylic acids is 1. The molecule has 1 N–H and O–H groups in total. The highest BCUT2D eigenvalue weighted by Crippen LogP contribution is 2.13. The van der Waals surface area contributed by atoms with Crippen LogP contribution in [0.25, 0.3) is 0 Å². The Morgan fingerprint density at radius 1 is 1.40 bits per heavy atom. The summed E-state index contributed by atoms with van der Waals surface area (Å²) in [6.45, 7) is 3.96. The Kier molecular flexibility index (Phi) is 3.66. The van der Waals surface area contributed by atoms with Crippen molar-refractivity contribution in [2.24, 2.45) is 0 Å². The monoisotopic (exact) mass is 209 g/mol. The van der Waals surface area contributed by atoms with E-state index in [1.807, 2.05) is 13.8 Å². The molecule has 0 fully saturated rings. The van der Waals surface area contributed by atoms with Crippen LogP contribution >= 0.6 is 0 Å². The molecular weight excluding hydrogens is 194 g/mol. The molecule has 0 spiro atoms. The second kappa shape index (κ2) is 4.77. The summed E-state index contributed by atoms with van der Waals surface area (Å²) in [4.78, 5) is 22.3. The van der Waals surface area contributed by atoms with Gasteiger partial charge >= 0.3 is 5.97 Å². The third kappa shape index (κ3) is 2.46. The third-order valence-corrected chi connectivity index (χ3v) is 2.52. The Bertz CT molecular complexity index is 405. The van der Waals surface area contributed by atoms with Crippen LogP contribution in [-0.2, 0) is 0 Å². The average Bonchev–Trinajstić information content (AvgIpc) is 2.22. The molecule has 82 valence electrons. The number of carboxylic acid groups (broad SMARTS) is 1. The number of nitrogens with zero attached hydrogens (tertiary/aromatic N) is 1. The molecule has 0 amide bonds. The van der Waals surface area contributed by atoms with Crippen LogP contribution in [0.15, 0.2) is 23.1 Å². The van der Waals surface area contributed by atoms with Crippen molar-refractivity contribution in [2.45, 2.75) is 32.7 Å². The molecular formula is C11H15NO3. The van der Waals surface area contributed by atoms with Crippen molar-refractivity contribution in [3.05, 3.63) is 34.2 Å². The minimum atomic E-state index is -1.00. The lowest BCUT2D eigenvalue weighted by Crippen LogP contribution is -2.24. The van der Waals surface area contributed by atoms with Crippen molar-refractivity contribution >= 4 is 5.97 Å². The van der Waals surface area contributed by atoms with Gasteiger partial charge in [0.1, 0.15) is 0 Å². The lowest BCUT2D eigenvalue weighted by atomic mass is 10.1. The molecule has 15 heavy (non-hydrogen) atoms. The summed E-state index contributed by atoms with van der Waals surface area (Å²) in [5.41, 5.74) is 0.00944. The van der Waals surface area contributed by atoms with Gasteiger partial charge in [-0.05, 0) is 18.9 Å². The average molecular weight is 209 g/mol. The highest BCUT2D eigenvalue weighted by atomic mass is 16.4. The summed E-state index contributed by atoms with van der Waals surface area (Å²) in [5, 5.41) is 8.81. The molecule has 0 unspecified atom stereocenters. The van der Waals surface area contributed by atoms with Gasteiger partial charge in [-0.15, -0.1) is 0 Å². The molecule has 0 aliphatic heterocycles. The van der Waals surface area contributed by atoms with Crippen LogP contribution in [0.4, 0.5) is 0 Å². The number of carbonyl (C=O) groups is 1. The zero-order valence-corrected chi connectivity index (χ0v) is 8.93. The molecule has 1 rings (SSSR count). The first-order chi connectivity index (χ1) is 7.10. The standard InChI is InChI=1S/C11H15NO3/c1-3-9(4-2)12-7-8(11(14)15)5-6-10(12)13/h5-7,9H,3-4H2,1-2H3,(H,14,15). The van der Waals surface area contributed by atoms with E-state index < -0.39 is 5.97 Å². The molecule has 0 saturated heterocycles. The smallest absolute Gasteiger partial charge is 0.337 e. The molecule has 1 heterocycles. The Hall–Kier alpha value is -1.58. The lowest BCUT2D eigenvalue weighted by Gasteiger charge is -2.16. The van der Waals surface area contributed by atoms with Gasteiger partial charge in [-0.25, -0.2) is 4.79 Å². The van der Waals surface area contributed by atoms with E-state index in [0.717, 1.165) is 12.8 Å². The van der Waals surface area contributed by atoms with Crippen molar-refractivity contribution < 1.29 is 9.90 Å². The molecule has 0 saturated carbocycles. The predicted molar refractivity (Wildman–Crippen MR) is 57.3 cm³/mol. The van der Waals surface area contributed by atoms with Crippen LogP contribution in [0.3, 0.4) is 0 Å². The number of aromatic nitrogens is 1. The van der Waals surface area contributed by atoms with E-state index in [1.165, 1.54) is 22.9 Å². The number of hydrogen-bond donors (Lipinski definition) is 1. The van der Waals surface area contributed by atoms with E-state index >= 15 is 0 Å². The Morgan fingerprint density at radius 2 is 2.00 bits per heavy atom. The molecule has 0 atom stereocenters. The van der Waals surface area contributed by atoms with Crippen molar-refractivity contribution in [3.63, 3.8) is 0 Å². The summed E-state index contributed by atoms with van der Waals surface area (Å²) in [5.74, 6) is -1.00. The summed E-state index contributed by atoms with van der Waals surface area (Å²) in [6, 6.07) is 2.72. The maximum absolute atomic E-state index is 11.5. The van der Waals surface area contributed by atoms with Crippen LogP contribution in [-0.4, -0.2) is 15.6 Å². The predicted octanol–water partition coefficient (Wildman–Crippen LogP) is 1.91. The number of pyridine rings is 1. The summed E-state index contributed by atoms with van der Waals surface area (Å²) < 4.78 is 1.50. The molecule has 0 aliphatic carbocycles. The van der Waals surface area contributed by atoms with Gasteiger partial charge < -0.3 is 9.67 Å². The fourth-order valence-electron chi connectivity index (χ4n) is 1.60. The quantitative estimate of drug-likeness (QED) is 0.824. The van der Waals surface area contributed by atoms with Gasteiger partial charge in [-0.2, -0.15) is 0 Å². The lowest BCUT2D eigenvalue weighted by molar-refractivity contribution is 0.0695. The first-order valence-corrected chi connectivity index (χ1v) is 5.05. The number of hydrogen-bond acceptors (Lipinski definition) is 2.